The first-order valence-electron chi connectivity index (χ1n) is 12.8. The maximum absolute atomic E-state index is 13.9. The van der Waals surface area contributed by atoms with E-state index in [2.05, 4.69) is 20.8 Å². The monoisotopic (exact) mass is 491 g/mol. The van der Waals surface area contributed by atoms with Crippen molar-refractivity contribution in [2.45, 2.75) is 58.6 Å². The van der Waals surface area contributed by atoms with Crippen LogP contribution in [0.25, 0.3) is 10.8 Å². The minimum Gasteiger partial charge on any atom is -0.375 e. The molecule has 4 aromatic rings. The van der Waals surface area contributed by atoms with Crippen molar-refractivity contribution in [2.24, 2.45) is 0 Å². The molecule has 0 unspecified atom stereocenters. The Morgan fingerprint density at radius 2 is 1.51 bits per heavy atom. The van der Waals surface area contributed by atoms with Gasteiger partial charge in [-0.05, 0) is 58.4 Å². The lowest BCUT2D eigenvalue weighted by atomic mass is 9.81. The Bertz CT molecular complexity index is 1520. The number of anilines is 1. The summed E-state index contributed by atoms with van der Waals surface area (Å²) < 4.78 is 0. The van der Waals surface area contributed by atoms with Crippen molar-refractivity contribution in [1.29, 1.82) is 0 Å². The van der Waals surface area contributed by atoms with Crippen LogP contribution < -0.4 is 4.90 Å². The number of amides is 1. The highest BCUT2D eigenvalue weighted by Crippen LogP contribution is 2.44. The molecule has 0 aromatic heterocycles. The van der Waals surface area contributed by atoms with Crippen LogP contribution in [0, 0.1) is 13.8 Å². The zero-order valence-electron chi connectivity index (χ0n) is 22.1. The van der Waals surface area contributed by atoms with E-state index in [1.165, 1.54) is 0 Å². The predicted octanol–water partition coefficient (Wildman–Crippen LogP) is 6.76. The van der Waals surface area contributed by atoms with Crippen LogP contribution >= 0.6 is 0 Å². The lowest BCUT2D eigenvalue weighted by Crippen LogP contribution is -2.41. The fourth-order valence-electron chi connectivity index (χ4n) is 5.59. The fourth-order valence-corrected chi connectivity index (χ4v) is 5.59. The summed E-state index contributed by atoms with van der Waals surface area (Å²) >= 11 is 0. The number of rotatable bonds is 5. The van der Waals surface area contributed by atoms with E-state index < -0.39 is 11.5 Å². The number of carbonyl (C=O) groups excluding carboxylic acids is 2. The molecule has 1 N–H and O–H groups in total. The van der Waals surface area contributed by atoms with Crippen LogP contribution in [0.15, 0.2) is 78.9 Å². The second kappa shape index (κ2) is 8.97. The SMILES string of the molecule is Cc1cc(C(C)(C)C)cc(C)c1C(=O)C[C@]1(O)C(=O)N(Cc2cccc3ccccc23)c2ccccc21. The normalized spacial score (nSPS) is 17.4. The molecular weight excluding hydrogens is 458 g/mol. The van der Waals surface area contributed by atoms with Crippen LogP contribution in [0.1, 0.15) is 65.4 Å². The topological polar surface area (TPSA) is 57.6 Å². The fraction of sp³-hybridized carbons (Fsp3) is 0.273. The maximum atomic E-state index is 13.9. The lowest BCUT2D eigenvalue weighted by molar-refractivity contribution is -0.136. The van der Waals surface area contributed by atoms with Crippen LogP contribution in [0.5, 0.6) is 0 Å². The summed E-state index contributed by atoms with van der Waals surface area (Å²) in [7, 11) is 0. The number of aliphatic hydroxyl groups is 1. The molecule has 4 aromatic carbocycles. The number of nitrogens with zero attached hydrogens (tertiary/aromatic N) is 1. The number of benzene rings is 4. The van der Waals surface area contributed by atoms with Crippen molar-refractivity contribution in [2.75, 3.05) is 4.90 Å². The van der Waals surface area contributed by atoms with E-state index in [1.807, 2.05) is 80.6 Å². The maximum Gasteiger partial charge on any atom is 0.264 e. The van der Waals surface area contributed by atoms with Gasteiger partial charge in [-0.2, -0.15) is 0 Å². The van der Waals surface area contributed by atoms with Gasteiger partial charge in [-0.1, -0.05) is 93.6 Å². The van der Waals surface area contributed by atoms with Gasteiger partial charge in [-0.15, -0.1) is 0 Å². The number of hydrogen-bond acceptors (Lipinski definition) is 3. The van der Waals surface area contributed by atoms with Gasteiger partial charge in [0.2, 0.25) is 0 Å². The number of fused-ring (bicyclic) bond motifs is 2. The van der Waals surface area contributed by atoms with Crippen molar-refractivity contribution in [3.8, 4) is 0 Å². The number of aryl methyl sites for hydroxylation is 2. The molecule has 1 atom stereocenters. The first-order valence-corrected chi connectivity index (χ1v) is 12.8. The van der Waals surface area contributed by atoms with Gasteiger partial charge in [0.05, 0.1) is 18.7 Å². The molecule has 37 heavy (non-hydrogen) atoms. The first-order chi connectivity index (χ1) is 17.5. The van der Waals surface area contributed by atoms with E-state index >= 15 is 0 Å². The zero-order valence-corrected chi connectivity index (χ0v) is 22.1. The van der Waals surface area contributed by atoms with Gasteiger partial charge in [-0.25, -0.2) is 0 Å². The van der Waals surface area contributed by atoms with Gasteiger partial charge in [0, 0.05) is 11.1 Å². The van der Waals surface area contributed by atoms with E-state index in [4.69, 9.17) is 0 Å². The molecule has 1 aliphatic rings. The smallest absolute Gasteiger partial charge is 0.264 e. The average molecular weight is 492 g/mol. The Hall–Kier alpha value is -3.76. The highest BCUT2D eigenvalue weighted by atomic mass is 16.3. The molecule has 0 spiro atoms. The molecule has 0 aliphatic carbocycles. The van der Waals surface area contributed by atoms with Crippen molar-refractivity contribution < 1.29 is 14.7 Å². The van der Waals surface area contributed by atoms with Crippen LogP contribution in [0.4, 0.5) is 5.69 Å². The predicted molar refractivity (Wildman–Crippen MR) is 149 cm³/mol. The minimum atomic E-state index is -1.92. The van der Waals surface area contributed by atoms with Crippen LogP contribution in [-0.4, -0.2) is 16.8 Å². The second-order valence-electron chi connectivity index (χ2n) is 11.2. The molecule has 5 rings (SSSR count). The molecule has 4 nitrogen and oxygen atoms in total. The number of hydrogen-bond donors (Lipinski definition) is 1. The Morgan fingerprint density at radius 3 is 2.22 bits per heavy atom. The number of ketones is 1. The number of para-hydroxylation sites is 1. The van der Waals surface area contributed by atoms with Crippen LogP contribution in [0.3, 0.4) is 0 Å². The molecule has 0 fully saturated rings. The molecule has 0 saturated carbocycles. The molecule has 1 amide bonds. The van der Waals surface area contributed by atoms with Gasteiger partial charge >= 0.3 is 0 Å². The number of Topliss-reactive ketones (excluding diaryl/α,β-unsaturated/α-hetero) is 1. The van der Waals surface area contributed by atoms with Crippen LogP contribution in [0.2, 0.25) is 0 Å². The van der Waals surface area contributed by atoms with E-state index in [9.17, 15) is 14.7 Å². The van der Waals surface area contributed by atoms with E-state index in [0.29, 0.717) is 23.4 Å². The molecule has 0 bridgehead atoms. The summed E-state index contributed by atoms with van der Waals surface area (Å²) in [6.07, 6.45) is -0.300. The minimum absolute atomic E-state index is 0.0439. The Kier molecular flexibility index (Phi) is 6.04. The summed E-state index contributed by atoms with van der Waals surface area (Å²) in [4.78, 5) is 29.2. The quantitative estimate of drug-likeness (QED) is 0.314. The zero-order chi connectivity index (χ0) is 26.5. The highest BCUT2D eigenvalue weighted by molar-refractivity contribution is 6.11. The van der Waals surface area contributed by atoms with Gasteiger partial charge in [0.15, 0.2) is 11.4 Å². The largest absolute Gasteiger partial charge is 0.375 e. The number of carbonyl (C=O) groups is 2. The first kappa shape index (κ1) is 24.9. The summed E-state index contributed by atoms with van der Waals surface area (Å²) in [6, 6.07) is 25.4. The van der Waals surface area contributed by atoms with Gasteiger partial charge in [0.25, 0.3) is 5.91 Å². The van der Waals surface area contributed by atoms with Gasteiger partial charge < -0.3 is 10.0 Å². The third kappa shape index (κ3) is 4.25. The molecule has 1 heterocycles. The molecule has 188 valence electrons. The Labute approximate surface area is 218 Å². The van der Waals surface area contributed by atoms with E-state index in [1.54, 1.807) is 17.0 Å². The Balaban J connectivity index is 1.51. The molecular formula is C33H33NO3. The van der Waals surface area contributed by atoms with Gasteiger partial charge in [-0.3, -0.25) is 9.59 Å². The summed E-state index contributed by atoms with van der Waals surface area (Å²) in [5.74, 6) is -0.690. The second-order valence-corrected chi connectivity index (χ2v) is 11.2. The van der Waals surface area contributed by atoms with Crippen molar-refractivity contribution in [3.63, 3.8) is 0 Å². The standard InChI is InChI=1S/C33H33NO3/c1-21-17-25(32(3,4)5)18-22(2)30(21)29(35)19-33(37)27-15-8-9-16-28(27)34(31(33)36)20-24-13-10-12-23-11-6-7-14-26(23)24/h6-18,37H,19-20H2,1-5H3/t33-/m1/s1. The summed E-state index contributed by atoms with van der Waals surface area (Å²) in [5.41, 5.74) is 3.62. The highest BCUT2D eigenvalue weighted by Gasteiger charge is 2.51. The molecule has 0 radical (unpaired) electrons. The molecule has 4 heteroatoms. The molecule has 0 saturated heterocycles. The third-order valence-corrected chi connectivity index (χ3v) is 7.54. The summed E-state index contributed by atoms with van der Waals surface area (Å²) in [6.45, 7) is 10.6. The molecule has 1 aliphatic heterocycles. The van der Waals surface area contributed by atoms with Crippen molar-refractivity contribution in [1.82, 2.24) is 0 Å². The van der Waals surface area contributed by atoms with E-state index in [-0.39, 0.29) is 17.6 Å². The average Bonchev–Trinajstić information content (AvgIpc) is 3.05. The third-order valence-electron chi connectivity index (χ3n) is 7.54. The lowest BCUT2D eigenvalue weighted by Gasteiger charge is -2.25. The van der Waals surface area contributed by atoms with Crippen molar-refractivity contribution in [3.05, 3.63) is 112 Å². The van der Waals surface area contributed by atoms with Crippen LogP contribution in [-0.2, 0) is 22.4 Å². The van der Waals surface area contributed by atoms with Gasteiger partial charge in [0.1, 0.15) is 0 Å². The van der Waals surface area contributed by atoms with E-state index in [0.717, 1.165) is 33.0 Å². The van der Waals surface area contributed by atoms with Crippen molar-refractivity contribution >= 4 is 28.2 Å². The Morgan fingerprint density at radius 1 is 0.892 bits per heavy atom. The summed E-state index contributed by atoms with van der Waals surface area (Å²) in [5, 5.41) is 14.0.